The van der Waals surface area contributed by atoms with Gasteiger partial charge in [-0.3, -0.25) is 0 Å². The standard InChI is InChI=1S/C2H6O3.H3N/c3-1-5-2-4;/h3-4H,1-2H2;1H3. The molecular formula is C2H9NO3. The Labute approximate surface area is 35.9 Å². The van der Waals surface area contributed by atoms with Crippen LogP contribution in [0.1, 0.15) is 0 Å². The van der Waals surface area contributed by atoms with Crippen LogP contribution >= 0.6 is 0 Å². The predicted molar refractivity (Wildman–Crippen MR) is 20.3 cm³/mol. The average molecular weight is 95.1 g/mol. The summed E-state index contributed by atoms with van der Waals surface area (Å²) in [5.41, 5.74) is 0. The molecule has 0 amide bonds. The van der Waals surface area contributed by atoms with E-state index in [0.29, 0.717) is 0 Å². The monoisotopic (exact) mass is 95.1 g/mol. The van der Waals surface area contributed by atoms with E-state index in [2.05, 4.69) is 4.74 Å². The van der Waals surface area contributed by atoms with Crippen molar-refractivity contribution in [1.82, 2.24) is 6.15 Å². The first-order valence-corrected chi connectivity index (χ1v) is 1.21. The topological polar surface area (TPSA) is 84.7 Å². The normalized spacial score (nSPS) is 7.00. The van der Waals surface area contributed by atoms with E-state index in [4.69, 9.17) is 10.2 Å². The van der Waals surface area contributed by atoms with Crippen LogP contribution < -0.4 is 6.15 Å². The van der Waals surface area contributed by atoms with E-state index in [1.165, 1.54) is 0 Å². The second-order valence-corrected chi connectivity index (χ2v) is 0.462. The highest BCUT2D eigenvalue weighted by molar-refractivity contribution is 3.82. The van der Waals surface area contributed by atoms with Crippen molar-refractivity contribution in [3.63, 3.8) is 0 Å². The lowest BCUT2D eigenvalue weighted by Crippen LogP contribution is -1.91. The van der Waals surface area contributed by atoms with Crippen LogP contribution in [0, 0.1) is 0 Å². The van der Waals surface area contributed by atoms with Crippen LogP contribution in [0.2, 0.25) is 0 Å². The summed E-state index contributed by atoms with van der Waals surface area (Å²) in [5, 5.41) is 15.4. The number of aliphatic hydroxyl groups is 2. The van der Waals surface area contributed by atoms with Gasteiger partial charge in [-0.05, 0) is 0 Å². The summed E-state index contributed by atoms with van der Waals surface area (Å²) in [5.74, 6) is 0. The Morgan fingerprint density at radius 3 is 1.50 bits per heavy atom. The summed E-state index contributed by atoms with van der Waals surface area (Å²) in [7, 11) is 0. The van der Waals surface area contributed by atoms with Crippen molar-refractivity contribution < 1.29 is 14.9 Å². The lowest BCUT2D eigenvalue weighted by molar-refractivity contribution is -0.0763. The predicted octanol–water partition coefficient (Wildman–Crippen LogP) is -0.935. The van der Waals surface area contributed by atoms with Crippen molar-refractivity contribution in [3.05, 3.63) is 0 Å². The molecular weight excluding hydrogens is 86.0 g/mol. The molecule has 0 aliphatic rings. The summed E-state index contributed by atoms with van der Waals surface area (Å²) in [6.07, 6.45) is 0. The second kappa shape index (κ2) is 8.85. The average Bonchev–Trinajstić information content (AvgIpc) is 1.41. The van der Waals surface area contributed by atoms with E-state index >= 15 is 0 Å². The molecule has 0 bridgehead atoms. The minimum atomic E-state index is -0.406. The highest BCUT2D eigenvalue weighted by atomic mass is 16.6. The van der Waals surface area contributed by atoms with Gasteiger partial charge in [-0.15, -0.1) is 0 Å². The molecule has 4 heteroatoms. The number of hydrogen-bond donors (Lipinski definition) is 3. The molecule has 0 aliphatic heterocycles. The van der Waals surface area contributed by atoms with Gasteiger partial charge in [-0.2, -0.15) is 0 Å². The van der Waals surface area contributed by atoms with Crippen molar-refractivity contribution >= 4 is 0 Å². The Morgan fingerprint density at radius 1 is 1.17 bits per heavy atom. The van der Waals surface area contributed by atoms with E-state index in [1.807, 2.05) is 0 Å². The van der Waals surface area contributed by atoms with E-state index in [-0.39, 0.29) is 6.15 Å². The lowest BCUT2D eigenvalue weighted by Gasteiger charge is -1.85. The number of ether oxygens (including phenoxy) is 1. The van der Waals surface area contributed by atoms with Crippen LogP contribution in [0.4, 0.5) is 0 Å². The molecule has 0 aromatic heterocycles. The molecule has 4 nitrogen and oxygen atoms in total. The third kappa shape index (κ3) is 9.15. The Balaban J connectivity index is 0. The van der Waals surface area contributed by atoms with Gasteiger partial charge in [0.05, 0.1) is 0 Å². The van der Waals surface area contributed by atoms with Crippen LogP contribution in [0.15, 0.2) is 0 Å². The van der Waals surface area contributed by atoms with Crippen molar-refractivity contribution in [3.8, 4) is 0 Å². The fraction of sp³-hybridized carbons (Fsp3) is 1.00. The zero-order valence-electron chi connectivity index (χ0n) is 3.42. The maximum atomic E-state index is 7.68. The van der Waals surface area contributed by atoms with Gasteiger partial charge in [0, 0.05) is 0 Å². The summed E-state index contributed by atoms with van der Waals surface area (Å²) in [4.78, 5) is 0. The molecule has 0 fully saturated rings. The van der Waals surface area contributed by atoms with Gasteiger partial charge in [-0.25, -0.2) is 0 Å². The van der Waals surface area contributed by atoms with E-state index in [1.54, 1.807) is 0 Å². The van der Waals surface area contributed by atoms with Gasteiger partial charge in [0.15, 0.2) is 0 Å². The summed E-state index contributed by atoms with van der Waals surface area (Å²) < 4.78 is 3.94. The molecule has 0 spiro atoms. The molecule has 6 heavy (non-hydrogen) atoms. The van der Waals surface area contributed by atoms with E-state index < -0.39 is 13.6 Å². The van der Waals surface area contributed by atoms with E-state index in [9.17, 15) is 0 Å². The maximum Gasteiger partial charge on any atom is 0.146 e. The Bertz CT molecular complexity index is 16.3. The summed E-state index contributed by atoms with van der Waals surface area (Å²) in [6, 6.07) is 0. The van der Waals surface area contributed by atoms with Gasteiger partial charge in [0.2, 0.25) is 0 Å². The minimum absolute atomic E-state index is 0. The number of hydrogen-bond acceptors (Lipinski definition) is 4. The summed E-state index contributed by atoms with van der Waals surface area (Å²) >= 11 is 0. The first kappa shape index (κ1) is 9.28. The smallest absolute Gasteiger partial charge is 0.146 e. The van der Waals surface area contributed by atoms with Crippen LogP contribution in [-0.4, -0.2) is 23.8 Å². The Hall–Kier alpha value is -0.160. The largest absolute Gasteiger partial charge is 0.371 e. The zero-order chi connectivity index (χ0) is 4.12. The minimum Gasteiger partial charge on any atom is -0.371 e. The molecule has 0 aromatic carbocycles. The molecule has 5 N–H and O–H groups in total. The molecule has 0 saturated heterocycles. The van der Waals surface area contributed by atoms with Crippen LogP contribution in [0.5, 0.6) is 0 Å². The zero-order valence-corrected chi connectivity index (χ0v) is 3.42. The van der Waals surface area contributed by atoms with Gasteiger partial charge in [-0.1, -0.05) is 0 Å². The molecule has 0 heterocycles. The molecule has 0 unspecified atom stereocenters. The third-order valence-corrected chi connectivity index (χ3v) is 0.183. The first-order valence-electron chi connectivity index (χ1n) is 1.21. The number of aliphatic hydroxyl groups excluding tert-OH is 2. The Morgan fingerprint density at radius 2 is 1.50 bits per heavy atom. The maximum absolute atomic E-state index is 7.68. The fourth-order valence-corrected chi connectivity index (χ4v) is 0.0408. The van der Waals surface area contributed by atoms with E-state index in [0.717, 1.165) is 0 Å². The van der Waals surface area contributed by atoms with Gasteiger partial charge in [0.25, 0.3) is 0 Å². The second-order valence-electron chi connectivity index (χ2n) is 0.462. The first-order chi connectivity index (χ1) is 2.41. The molecule has 0 radical (unpaired) electrons. The third-order valence-electron chi connectivity index (χ3n) is 0.183. The molecule has 0 aromatic rings. The van der Waals surface area contributed by atoms with Crippen molar-refractivity contribution in [2.24, 2.45) is 0 Å². The van der Waals surface area contributed by atoms with Crippen molar-refractivity contribution in [1.29, 1.82) is 0 Å². The summed E-state index contributed by atoms with van der Waals surface area (Å²) in [6.45, 7) is -0.812. The highest BCUT2D eigenvalue weighted by Gasteiger charge is 1.65. The van der Waals surface area contributed by atoms with Crippen LogP contribution in [0.25, 0.3) is 0 Å². The number of rotatable bonds is 2. The van der Waals surface area contributed by atoms with Crippen LogP contribution in [-0.2, 0) is 4.74 Å². The highest BCUT2D eigenvalue weighted by Crippen LogP contribution is 1.56. The fourth-order valence-electron chi connectivity index (χ4n) is 0.0408. The Kier molecular flexibility index (Phi) is 13.7. The van der Waals surface area contributed by atoms with Crippen LogP contribution in [0.3, 0.4) is 0 Å². The molecule has 0 atom stereocenters. The van der Waals surface area contributed by atoms with Crippen molar-refractivity contribution in [2.45, 2.75) is 0 Å². The molecule has 0 saturated carbocycles. The van der Waals surface area contributed by atoms with Gasteiger partial charge < -0.3 is 21.1 Å². The SMILES string of the molecule is N.OCOCO. The molecule has 0 rings (SSSR count). The molecule has 0 aliphatic carbocycles. The van der Waals surface area contributed by atoms with Gasteiger partial charge in [0.1, 0.15) is 13.6 Å². The van der Waals surface area contributed by atoms with Crippen molar-refractivity contribution in [2.75, 3.05) is 13.6 Å². The quantitative estimate of drug-likeness (QED) is 0.386. The van der Waals surface area contributed by atoms with Gasteiger partial charge >= 0.3 is 0 Å². The lowest BCUT2D eigenvalue weighted by atomic mass is 11.4. The molecule has 40 valence electrons.